The van der Waals surface area contributed by atoms with E-state index in [-0.39, 0.29) is 29.9 Å². The third kappa shape index (κ3) is 8.04. The van der Waals surface area contributed by atoms with Crippen molar-refractivity contribution in [2.24, 2.45) is 0 Å². The van der Waals surface area contributed by atoms with Gasteiger partial charge in [0.1, 0.15) is 12.6 Å². The number of benzene rings is 2. The van der Waals surface area contributed by atoms with Crippen LogP contribution in [0.1, 0.15) is 39.2 Å². The van der Waals surface area contributed by atoms with Crippen LogP contribution in [-0.4, -0.2) is 61.5 Å². The van der Waals surface area contributed by atoms with Crippen LogP contribution in [0.25, 0.3) is 0 Å². The number of nitrogens with one attached hydrogen (secondary N) is 1. The Kier molecular flexibility index (Phi) is 10.4. The van der Waals surface area contributed by atoms with Crippen molar-refractivity contribution in [1.29, 1.82) is 0 Å². The largest absolute Gasteiger partial charge is 0.352 e. The lowest BCUT2D eigenvalue weighted by atomic mass is 10.1. The van der Waals surface area contributed by atoms with E-state index in [2.05, 4.69) is 5.32 Å². The molecule has 0 aromatic heterocycles. The van der Waals surface area contributed by atoms with E-state index in [0.717, 1.165) is 28.6 Å². The van der Waals surface area contributed by atoms with Gasteiger partial charge in [-0.05, 0) is 37.8 Å². The molecule has 196 valence electrons. The van der Waals surface area contributed by atoms with Gasteiger partial charge >= 0.3 is 0 Å². The zero-order valence-corrected chi connectivity index (χ0v) is 21.9. The molecule has 2 rings (SSSR count). The van der Waals surface area contributed by atoms with Crippen LogP contribution >= 0.6 is 0 Å². The highest BCUT2D eigenvalue weighted by molar-refractivity contribution is 7.92. The maximum Gasteiger partial charge on any atom is 0.271 e. The van der Waals surface area contributed by atoms with E-state index >= 15 is 0 Å². The monoisotopic (exact) mass is 518 g/mol. The number of rotatable bonds is 13. The van der Waals surface area contributed by atoms with Gasteiger partial charge in [-0.3, -0.25) is 24.0 Å². The van der Waals surface area contributed by atoms with Crippen molar-refractivity contribution in [3.8, 4) is 0 Å². The van der Waals surface area contributed by atoms with Gasteiger partial charge in [0.15, 0.2) is 0 Å². The lowest BCUT2D eigenvalue weighted by Crippen LogP contribution is -2.54. The molecule has 11 heteroatoms. The smallest absolute Gasteiger partial charge is 0.271 e. The van der Waals surface area contributed by atoms with Gasteiger partial charge in [-0.2, -0.15) is 0 Å². The Hall–Kier alpha value is -3.47. The molecule has 0 fully saturated rings. The van der Waals surface area contributed by atoms with Gasteiger partial charge in [0.05, 0.1) is 16.9 Å². The van der Waals surface area contributed by atoms with Gasteiger partial charge in [-0.25, -0.2) is 8.42 Å². The van der Waals surface area contributed by atoms with Crippen molar-refractivity contribution in [1.82, 2.24) is 10.2 Å². The summed E-state index contributed by atoms with van der Waals surface area (Å²) in [4.78, 5) is 38.6. The molecule has 0 radical (unpaired) electrons. The van der Waals surface area contributed by atoms with Gasteiger partial charge in [0, 0.05) is 24.7 Å². The molecule has 1 N–H and O–H groups in total. The number of non-ortho nitro benzene ring substituents is 1. The van der Waals surface area contributed by atoms with E-state index in [1.807, 2.05) is 44.2 Å². The first-order valence-corrected chi connectivity index (χ1v) is 13.7. The summed E-state index contributed by atoms with van der Waals surface area (Å²) in [6.45, 7) is 5.20. The number of nitro benzene ring substituents is 1. The molecule has 2 atom stereocenters. The Morgan fingerprint density at radius 2 is 1.72 bits per heavy atom. The number of sulfonamides is 1. The highest BCUT2D eigenvalue weighted by atomic mass is 32.2. The van der Waals surface area contributed by atoms with Gasteiger partial charge < -0.3 is 10.2 Å². The van der Waals surface area contributed by atoms with Gasteiger partial charge in [0.2, 0.25) is 21.8 Å². The van der Waals surface area contributed by atoms with Crippen LogP contribution < -0.4 is 9.62 Å². The average molecular weight is 519 g/mol. The predicted octanol–water partition coefficient (Wildman–Crippen LogP) is 3.13. The van der Waals surface area contributed by atoms with E-state index in [4.69, 9.17) is 0 Å². The fourth-order valence-corrected chi connectivity index (χ4v) is 4.55. The first kappa shape index (κ1) is 28.8. The maximum atomic E-state index is 13.6. The number of amides is 2. The Labute approximate surface area is 212 Å². The molecule has 2 amide bonds. The minimum absolute atomic E-state index is 0.000152. The fraction of sp³-hybridized carbons (Fsp3) is 0.440. The molecule has 0 aliphatic rings. The number of nitro groups is 1. The molecule has 0 unspecified atom stereocenters. The van der Waals surface area contributed by atoms with Crippen molar-refractivity contribution in [3.05, 3.63) is 70.3 Å². The summed E-state index contributed by atoms with van der Waals surface area (Å²) in [5, 5.41) is 14.1. The van der Waals surface area contributed by atoms with E-state index in [1.54, 1.807) is 6.92 Å². The highest BCUT2D eigenvalue weighted by Gasteiger charge is 2.32. The molecular formula is C25H34N4O6S. The van der Waals surface area contributed by atoms with E-state index < -0.39 is 33.4 Å². The fourth-order valence-electron chi connectivity index (χ4n) is 3.71. The second-order valence-corrected chi connectivity index (χ2v) is 10.5. The lowest BCUT2D eigenvalue weighted by Gasteiger charge is -2.33. The molecule has 0 saturated heterocycles. The molecular weight excluding hydrogens is 484 g/mol. The van der Waals surface area contributed by atoms with Gasteiger partial charge in [0.25, 0.3) is 5.69 Å². The van der Waals surface area contributed by atoms with E-state index in [0.29, 0.717) is 12.8 Å². The molecule has 0 saturated carbocycles. The van der Waals surface area contributed by atoms with Crippen molar-refractivity contribution >= 4 is 33.2 Å². The topological polar surface area (TPSA) is 130 Å². The number of carbonyl (C=O) groups is 2. The molecule has 0 spiro atoms. The Bertz CT molecular complexity index is 1160. The molecule has 0 bridgehead atoms. The second kappa shape index (κ2) is 13.0. The number of hydrogen-bond donors (Lipinski definition) is 1. The van der Waals surface area contributed by atoms with Crippen molar-refractivity contribution in [2.75, 3.05) is 23.7 Å². The SMILES string of the molecule is CC[C@@H](C)NC(=O)[C@H](CC)N(CCc1ccccc1)C(=O)CN(c1cccc([N+](=O)[O-])c1)S(C)(=O)=O. The van der Waals surface area contributed by atoms with Crippen molar-refractivity contribution < 1.29 is 22.9 Å². The van der Waals surface area contributed by atoms with Crippen molar-refractivity contribution in [3.63, 3.8) is 0 Å². The molecule has 0 aliphatic carbocycles. The Balaban J connectivity index is 2.40. The molecule has 36 heavy (non-hydrogen) atoms. The summed E-state index contributed by atoms with van der Waals surface area (Å²) in [6.07, 6.45) is 2.45. The minimum atomic E-state index is -3.97. The van der Waals surface area contributed by atoms with Crippen LogP contribution in [0.15, 0.2) is 54.6 Å². The molecule has 0 heterocycles. The van der Waals surface area contributed by atoms with Crippen molar-refractivity contribution in [2.45, 2.75) is 52.1 Å². The first-order valence-electron chi connectivity index (χ1n) is 11.8. The van der Waals surface area contributed by atoms with Crippen LogP contribution in [0.5, 0.6) is 0 Å². The quantitative estimate of drug-likeness (QED) is 0.320. The van der Waals surface area contributed by atoms with E-state index in [9.17, 15) is 28.1 Å². The van der Waals surface area contributed by atoms with Crippen LogP contribution in [-0.2, 0) is 26.0 Å². The zero-order chi connectivity index (χ0) is 26.9. The Morgan fingerprint density at radius 3 is 2.28 bits per heavy atom. The second-order valence-electron chi connectivity index (χ2n) is 8.61. The van der Waals surface area contributed by atoms with E-state index in [1.165, 1.54) is 23.1 Å². The lowest BCUT2D eigenvalue weighted by molar-refractivity contribution is -0.384. The summed E-state index contributed by atoms with van der Waals surface area (Å²) in [5.74, 6) is -0.886. The molecule has 0 aliphatic heterocycles. The number of hydrogen-bond acceptors (Lipinski definition) is 6. The third-order valence-electron chi connectivity index (χ3n) is 5.88. The molecule has 10 nitrogen and oxygen atoms in total. The highest BCUT2D eigenvalue weighted by Crippen LogP contribution is 2.23. The van der Waals surface area contributed by atoms with Crippen LogP contribution in [0.4, 0.5) is 11.4 Å². The number of anilines is 1. The standard InChI is InChI=1S/C25H34N4O6S/c1-5-19(3)26-25(31)23(6-2)27(16-15-20-11-8-7-9-12-20)24(30)18-28(36(4,34)35)21-13-10-14-22(17-21)29(32)33/h7-14,17,19,23H,5-6,15-16,18H2,1-4H3,(H,26,31)/t19-,23+/m1/s1. The zero-order valence-electron chi connectivity index (χ0n) is 21.1. The normalized spacial score (nSPS) is 12.9. The summed E-state index contributed by atoms with van der Waals surface area (Å²) >= 11 is 0. The average Bonchev–Trinajstić information content (AvgIpc) is 2.84. The molecule has 2 aromatic rings. The minimum Gasteiger partial charge on any atom is -0.352 e. The first-order chi connectivity index (χ1) is 17.0. The third-order valence-corrected chi connectivity index (χ3v) is 7.02. The maximum absolute atomic E-state index is 13.6. The van der Waals surface area contributed by atoms with Gasteiger partial charge in [-0.1, -0.05) is 50.2 Å². The summed E-state index contributed by atoms with van der Waals surface area (Å²) in [6, 6.07) is 13.7. The predicted molar refractivity (Wildman–Crippen MR) is 139 cm³/mol. The summed E-state index contributed by atoms with van der Waals surface area (Å²) in [7, 11) is -3.97. The van der Waals surface area contributed by atoms with Crippen LogP contribution in [0.3, 0.4) is 0 Å². The van der Waals surface area contributed by atoms with Crippen LogP contribution in [0, 0.1) is 10.1 Å². The Morgan fingerprint density at radius 1 is 1.06 bits per heavy atom. The molecule has 2 aromatic carbocycles. The van der Waals surface area contributed by atoms with Crippen LogP contribution in [0.2, 0.25) is 0 Å². The number of nitrogens with zero attached hydrogens (tertiary/aromatic N) is 3. The summed E-state index contributed by atoms with van der Waals surface area (Å²) < 4.78 is 26.1. The summed E-state index contributed by atoms with van der Waals surface area (Å²) in [5.41, 5.74) is 0.667. The van der Waals surface area contributed by atoms with Gasteiger partial charge in [-0.15, -0.1) is 0 Å². The number of carbonyl (C=O) groups excluding carboxylic acids is 2.